The fraction of sp³-hybridized carbons (Fsp3) is 0.429. The normalized spacial score (nSPS) is 13.3. The van der Waals surface area contributed by atoms with Crippen LogP contribution >= 0.6 is 8.03 Å². The molecular formula is C42H54O2P+. The van der Waals surface area contributed by atoms with Gasteiger partial charge in [0.1, 0.15) is 0 Å². The zero-order valence-corrected chi connectivity index (χ0v) is 31.0. The Morgan fingerprint density at radius 3 is 1.27 bits per heavy atom. The fourth-order valence-corrected chi connectivity index (χ4v) is 7.47. The molecule has 0 amide bonds. The molecule has 0 heterocycles. The molecule has 0 fully saturated rings. The van der Waals surface area contributed by atoms with Crippen molar-refractivity contribution in [1.29, 1.82) is 0 Å². The van der Waals surface area contributed by atoms with Gasteiger partial charge in [-0.15, -0.1) is 0 Å². The molecule has 1 unspecified atom stereocenters. The molecule has 1 atom stereocenters. The topological polar surface area (TPSA) is 37.3 Å². The largest absolute Gasteiger partial charge is 0.546 e. The minimum Gasteiger partial charge on any atom is -0.156 e. The Balaban J connectivity index is 2.36. The van der Waals surface area contributed by atoms with Crippen LogP contribution in [-0.2, 0) is 26.2 Å². The summed E-state index contributed by atoms with van der Waals surface area (Å²) in [6, 6.07) is 23.8. The summed E-state index contributed by atoms with van der Waals surface area (Å²) in [5.74, 6) is 0. The first kappa shape index (κ1) is 34.8. The molecule has 3 heteroatoms. The lowest BCUT2D eigenvalue weighted by atomic mass is 9.72. The van der Waals surface area contributed by atoms with Gasteiger partial charge in [0.25, 0.3) is 0 Å². The molecule has 4 aromatic carbocycles. The van der Waals surface area contributed by atoms with Crippen molar-refractivity contribution in [3.05, 3.63) is 100 Å². The van der Waals surface area contributed by atoms with E-state index in [1.165, 1.54) is 33.4 Å². The van der Waals surface area contributed by atoms with Gasteiger partial charge in [-0.3, -0.25) is 0 Å². The van der Waals surface area contributed by atoms with Crippen LogP contribution in [0.5, 0.6) is 0 Å². The highest BCUT2D eigenvalue weighted by atomic mass is 31.1. The SMILES string of the molecule is Cc1cc(-c2c(-c3ccccc3)ccc([P+](=O)O)c2-c2cc(C)c(C(C)(C)C)cc2C(C)(C)C)c(C(C)(C)C)cc1C(C)(C)C. The zero-order valence-electron chi connectivity index (χ0n) is 30.2. The van der Waals surface area contributed by atoms with Crippen LogP contribution in [0.15, 0.2) is 66.7 Å². The van der Waals surface area contributed by atoms with E-state index in [0.29, 0.717) is 5.30 Å². The average molecular weight is 622 g/mol. The van der Waals surface area contributed by atoms with E-state index < -0.39 is 8.03 Å². The van der Waals surface area contributed by atoms with E-state index in [0.717, 1.165) is 33.4 Å². The summed E-state index contributed by atoms with van der Waals surface area (Å²) in [6.07, 6.45) is 0. The molecule has 4 aromatic rings. The maximum absolute atomic E-state index is 13.4. The Kier molecular flexibility index (Phi) is 9.24. The maximum Gasteiger partial charge on any atom is 0.546 e. The number of hydrogen-bond acceptors (Lipinski definition) is 1. The van der Waals surface area contributed by atoms with Crippen LogP contribution in [0, 0.1) is 13.8 Å². The van der Waals surface area contributed by atoms with Gasteiger partial charge in [0.2, 0.25) is 5.30 Å². The highest BCUT2D eigenvalue weighted by molar-refractivity contribution is 7.47. The Bertz CT molecular complexity index is 1750. The van der Waals surface area contributed by atoms with Crippen LogP contribution in [0.1, 0.15) is 116 Å². The quantitative estimate of drug-likeness (QED) is 0.230. The van der Waals surface area contributed by atoms with Crippen molar-refractivity contribution < 1.29 is 9.46 Å². The van der Waals surface area contributed by atoms with Gasteiger partial charge in [-0.2, -0.15) is 4.89 Å². The molecule has 1 N–H and O–H groups in total. The average Bonchev–Trinajstić information content (AvgIpc) is 2.89. The van der Waals surface area contributed by atoms with Crippen LogP contribution in [-0.4, -0.2) is 4.89 Å². The molecule has 2 nitrogen and oxygen atoms in total. The van der Waals surface area contributed by atoms with Crippen LogP contribution in [0.25, 0.3) is 33.4 Å². The lowest BCUT2D eigenvalue weighted by molar-refractivity contribution is 0.513. The van der Waals surface area contributed by atoms with Crippen molar-refractivity contribution in [1.82, 2.24) is 0 Å². The summed E-state index contributed by atoms with van der Waals surface area (Å²) in [4.78, 5) is 11.0. The lowest BCUT2D eigenvalue weighted by Crippen LogP contribution is -2.21. The van der Waals surface area contributed by atoms with E-state index in [1.54, 1.807) is 0 Å². The highest BCUT2D eigenvalue weighted by Gasteiger charge is 2.35. The fourth-order valence-electron chi connectivity index (χ4n) is 6.85. The van der Waals surface area contributed by atoms with Crippen molar-refractivity contribution in [3.63, 3.8) is 0 Å². The molecule has 4 rings (SSSR count). The predicted molar refractivity (Wildman–Crippen MR) is 196 cm³/mol. The third-order valence-electron chi connectivity index (χ3n) is 8.97. The molecule has 0 radical (unpaired) electrons. The van der Waals surface area contributed by atoms with Gasteiger partial charge in [0.05, 0.1) is 0 Å². The maximum atomic E-state index is 13.4. The summed E-state index contributed by atoms with van der Waals surface area (Å²) in [5, 5.41) is 0.477. The van der Waals surface area contributed by atoms with Gasteiger partial charge in [-0.1, -0.05) is 138 Å². The van der Waals surface area contributed by atoms with Crippen molar-refractivity contribution in [2.45, 2.75) is 119 Å². The second-order valence-corrected chi connectivity index (χ2v) is 18.0. The number of benzene rings is 4. The number of hydrogen-bond donors (Lipinski definition) is 1. The summed E-state index contributed by atoms with van der Waals surface area (Å²) in [6.45, 7) is 31.5. The molecule has 0 aromatic heterocycles. The Morgan fingerprint density at radius 1 is 0.489 bits per heavy atom. The van der Waals surface area contributed by atoms with Crippen LogP contribution in [0.3, 0.4) is 0 Å². The second kappa shape index (κ2) is 11.9. The van der Waals surface area contributed by atoms with E-state index in [4.69, 9.17) is 0 Å². The number of aryl methyl sites for hydroxylation is 2. The molecule has 0 aliphatic carbocycles. The molecule has 0 spiro atoms. The summed E-state index contributed by atoms with van der Waals surface area (Å²) in [7, 11) is -2.64. The summed E-state index contributed by atoms with van der Waals surface area (Å²) in [5.41, 5.74) is 13.2. The molecule has 0 aliphatic rings. The minimum absolute atomic E-state index is 0.0245. The summed E-state index contributed by atoms with van der Waals surface area (Å²) >= 11 is 0. The molecule has 238 valence electrons. The van der Waals surface area contributed by atoms with Crippen molar-refractivity contribution in [3.8, 4) is 33.4 Å². The third-order valence-corrected chi connectivity index (χ3v) is 9.76. The molecule has 0 saturated heterocycles. The smallest absolute Gasteiger partial charge is 0.156 e. The second-order valence-electron chi connectivity index (χ2n) is 16.9. The molecule has 0 bridgehead atoms. The van der Waals surface area contributed by atoms with Crippen LogP contribution < -0.4 is 5.30 Å². The van der Waals surface area contributed by atoms with E-state index in [2.05, 4.69) is 152 Å². The molecule has 45 heavy (non-hydrogen) atoms. The van der Waals surface area contributed by atoms with E-state index in [1.807, 2.05) is 12.1 Å². The van der Waals surface area contributed by atoms with Crippen LogP contribution in [0.4, 0.5) is 0 Å². The lowest BCUT2D eigenvalue weighted by Gasteiger charge is -2.32. The highest BCUT2D eigenvalue weighted by Crippen LogP contribution is 2.49. The predicted octanol–water partition coefficient (Wildman–Crippen LogP) is 11.9. The van der Waals surface area contributed by atoms with Gasteiger partial charge in [-0.25, -0.2) is 0 Å². The van der Waals surface area contributed by atoms with Crippen molar-refractivity contribution in [2.75, 3.05) is 0 Å². The zero-order chi connectivity index (χ0) is 33.9. The van der Waals surface area contributed by atoms with Gasteiger partial charge >= 0.3 is 8.03 Å². The Morgan fingerprint density at radius 2 is 0.889 bits per heavy atom. The van der Waals surface area contributed by atoms with E-state index in [-0.39, 0.29) is 21.7 Å². The number of rotatable bonds is 4. The van der Waals surface area contributed by atoms with Gasteiger partial charge in [-0.05, 0) is 108 Å². The standard InChI is InChI=1S/C42H53O2P/c1-26-22-30(34(41(9,10)11)24-32(26)39(3,4)5)37-29(28-18-16-15-17-19-28)20-21-36(45(43)44)38(37)31-23-27(2)33(40(6,7)8)25-35(31)42(12,13)14/h15-25H,1-14H3/p+1. The van der Waals surface area contributed by atoms with E-state index in [9.17, 15) is 9.46 Å². The van der Waals surface area contributed by atoms with Crippen molar-refractivity contribution in [2.24, 2.45) is 0 Å². The van der Waals surface area contributed by atoms with Gasteiger partial charge in [0.15, 0.2) is 0 Å². The first-order chi connectivity index (χ1) is 20.5. The minimum atomic E-state index is -2.64. The van der Waals surface area contributed by atoms with Gasteiger partial charge < -0.3 is 0 Å². The third kappa shape index (κ3) is 7.03. The first-order valence-corrected chi connectivity index (χ1v) is 17.4. The molecule has 0 saturated carbocycles. The van der Waals surface area contributed by atoms with Crippen LogP contribution in [0.2, 0.25) is 0 Å². The Labute approximate surface area is 274 Å². The molecule has 0 aliphatic heterocycles. The van der Waals surface area contributed by atoms with Gasteiger partial charge in [0, 0.05) is 11.1 Å². The monoisotopic (exact) mass is 621 g/mol. The van der Waals surface area contributed by atoms with Crippen molar-refractivity contribution >= 4 is 13.3 Å². The summed E-state index contributed by atoms with van der Waals surface area (Å²) < 4.78 is 13.4. The molecular weight excluding hydrogens is 567 g/mol. The first-order valence-electron chi connectivity index (χ1n) is 16.2. The van der Waals surface area contributed by atoms with E-state index >= 15 is 0 Å². The Hall–Kier alpha value is -3.06.